The number of H-pyrrole nitrogens is 1. The van der Waals surface area contributed by atoms with Crippen LogP contribution in [0.4, 0.5) is 0 Å². The Hall–Kier alpha value is -1.86. The molecule has 1 saturated heterocycles. The van der Waals surface area contributed by atoms with E-state index >= 15 is 0 Å². The SMILES string of the molecule is O[C@]12C[C@H]3C[C@H](C1)[C@H](C1=NN4CCCOB4c4cnc5[nH]ccc5c41)[C@@H](C3)C2. The second-order valence-corrected chi connectivity index (χ2v) is 9.77. The minimum absolute atomic E-state index is 0.111. The molecule has 0 spiro atoms. The zero-order chi connectivity index (χ0) is 18.5. The Kier molecular flexibility index (Phi) is 3.08. The third-order valence-corrected chi connectivity index (χ3v) is 8.01. The van der Waals surface area contributed by atoms with E-state index < -0.39 is 5.60 Å². The third-order valence-electron chi connectivity index (χ3n) is 8.01. The summed E-state index contributed by atoms with van der Waals surface area (Å²) in [5, 5.41) is 17.5. The molecule has 5 atom stereocenters. The molecule has 2 N–H and O–H groups in total. The van der Waals surface area contributed by atoms with Gasteiger partial charge < -0.3 is 19.7 Å². The van der Waals surface area contributed by atoms with Crippen molar-refractivity contribution >= 4 is 29.3 Å². The van der Waals surface area contributed by atoms with Crippen LogP contribution in [0.25, 0.3) is 11.0 Å². The molecule has 28 heavy (non-hydrogen) atoms. The van der Waals surface area contributed by atoms with Gasteiger partial charge in [0.25, 0.3) is 0 Å². The molecule has 0 radical (unpaired) electrons. The van der Waals surface area contributed by atoms with Gasteiger partial charge in [-0.15, -0.1) is 0 Å². The summed E-state index contributed by atoms with van der Waals surface area (Å²) in [6.45, 7) is 1.72. The number of nitrogens with one attached hydrogen (secondary N) is 1. The largest absolute Gasteiger partial charge is 0.471 e. The summed E-state index contributed by atoms with van der Waals surface area (Å²) >= 11 is 0. The summed E-state index contributed by atoms with van der Waals surface area (Å²) in [5.74, 6) is 2.25. The maximum Gasteiger partial charge on any atom is 0.471 e. The molecular formula is C21H25BN4O2. The fraction of sp³-hybridized carbons (Fsp3) is 0.619. The van der Waals surface area contributed by atoms with Gasteiger partial charge in [0, 0.05) is 47.9 Å². The number of pyridine rings is 1. The number of aromatic nitrogens is 2. The van der Waals surface area contributed by atoms with Crippen molar-refractivity contribution in [2.24, 2.45) is 28.8 Å². The lowest BCUT2D eigenvalue weighted by Crippen LogP contribution is -2.61. The summed E-state index contributed by atoms with van der Waals surface area (Å²) < 4.78 is 6.13. The minimum atomic E-state index is -0.413. The van der Waals surface area contributed by atoms with Crippen molar-refractivity contribution in [1.29, 1.82) is 0 Å². The van der Waals surface area contributed by atoms with Crippen molar-refractivity contribution in [1.82, 2.24) is 14.9 Å². The first-order valence-electron chi connectivity index (χ1n) is 10.8. The Morgan fingerprint density at radius 3 is 2.93 bits per heavy atom. The molecule has 144 valence electrons. The monoisotopic (exact) mass is 376 g/mol. The van der Waals surface area contributed by atoms with Crippen LogP contribution in [0.3, 0.4) is 0 Å². The number of rotatable bonds is 1. The molecule has 4 heterocycles. The molecule has 8 rings (SSSR count). The standard InChI is InChI=1S/C21H25BN4O2/c27-21-8-12-6-13(9-21)17(14(7-12)10-21)19-18-15-2-3-23-20(15)24-11-16(18)22-26(25-19)4-1-5-28-22/h2-3,11-14,17,27H,1,4-10H2,(H,23,24)/t12-,13+,14-,17-,21+. The van der Waals surface area contributed by atoms with Gasteiger partial charge in [0.2, 0.25) is 0 Å². The fourth-order valence-corrected chi connectivity index (χ4v) is 7.32. The maximum atomic E-state index is 11.1. The van der Waals surface area contributed by atoms with E-state index in [4.69, 9.17) is 9.76 Å². The number of fused-ring (bicyclic) bond motifs is 5. The molecule has 2 aromatic heterocycles. The van der Waals surface area contributed by atoms with E-state index in [9.17, 15) is 5.11 Å². The highest BCUT2D eigenvalue weighted by Crippen LogP contribution is 2.59. The van der Waals surface area contributed by atoms with Gasteiger partial charge in [0.05, 0.1) is 11.3 Å². The van der Waals surface area contributed by atoms with E-state index in [0.29, 0.717) is 23.7 Å². The second kappa shape index (κ2) is 5.39. The predicted molar refractivity (Wildman–Crippen MR) is 107 cm³/mol. The summed E-state index contributed by atoms with van der Waals surface area (Å²) in [7, 11) is -0.111. The molecule has 7 heteroatoms. The van der Waals surface area contributed by atoms with Crippen LogP contribution in [-0.2, 0) is 4.65 Å². The van der Waals surface area contributed by atoms with Crippen LogP contribution in [-0.4, -0.2) is 51.5 Å². The number of hydrogen-bond acceptors (Lipinski definition) is 5. The van der Waals surface area contributed by atoms with Crippen LogP contribution in [0.1, 0.15) is 44.1 Å². The highest BCUT2D eigenvalue weighted by molar-refractivity contribution is 6.67. The van der Waals surface area contributed by atoms with E-state index in [1.807, 2.05) is 12.4 Å². The number of hydrazone groups is 1. The molecule has 0 amide bonds. The van der Waals surface area contributed by atoms with Crippen LogP contribution in [0.2, 0.25) is 0 Å². The molecule has 0 unspecified atom stereocenters. The molecule has 6 aliphatic rings. The first-order chi connectivity index (χ1) is 13.7. The van der Waals surface area contributed by atoms with E-state index in [1.54, 1.807) is 0 Å². The lowest BCUT2D eigenvalue weighted by Gasteiger charge is -2.58. The second-order valence-electron chi connectivity index (χ2n) is 9.77. The number of hydrogen-bond donors (Lipinski definition) is 2. The summed E-state index contributed by atoms with van der Waals surface area (Å²) in [5.41, 5.74) is 4.17. The summed E-state index contributed by atoms with van der Waals surface area (Å²) in [4.78, 5) is 10.1. The van der Waals surface area contributed by atoms with Crippen molar-refractivity contribution in [2.75, 3.05) is 13.2 Å². The van der Waals surface area contributed by atoms with Gasteiger partial charge in [-0.25, -0.2) is 4.98 Å². The topological polar surface area (TPSA) is 73.7 Å². The summed E-state index contributed by atoms with van der Waals surface area (Å²) in [6, 6.07) is 2.14. The Bertz CT molecular complexity index is 987. The molecule has 4 saturated carbocycles. The van der Waals surface area contributed by atoms with E-state index in [-0.39, 0.29) is 7.05 Å². The van der Waals surface area contributed by atoms with Crippen molar-refractivity contribution in [3.63, 3.8) is 0 Å². The number of nitrogens with zero attached hydrogens (tertiary/aromatic N) is 3. The quantitative estimate of drug-likeness (QED) is 0.746. The average Bonchev–Trinajstić information content (AvgIpc) is 3.15. The van der Waals surface area contributed by atoms with Crippen molar-refractivity contribution in [2.45, 2.75) is 44.1 Å². The first-order valence-corrected chi connectivity index (χ1v) is 10.8. The zero-order valence-electron chi connectivity index (χ0n) is 16.0. The Morgan fingerprint density at radius 1 is 1.25 bits per heavy atom. The van der Waals surface area contributed by atoms with Gasteiger partial charge in [0.1, 0.15) is 5.65 Å². The van der Waals surface area contributed by atoms with Crippen molar-refractivity contribution < 1.29 is 9.76 Å². The molecule has 4 aliphatic carbocycles. The normalized spacial score (nSPS) is 38.5. The fourth-order valence-electron chi connectivity index (χ4n) is 7.32. The molecule has 0 aromatic carbocycles. The van der Waals surface area contributed by atoms with E-state index in [1.165, 1.54) is 29.6 Å². The molecule has 2 aliphatic heterocycles. The van der Waals surface area contributed by atoms with E-state index in [2.05, 4.69) is 21.0 Å². The zero-order valence-corrected chi connectivity index (χ0v) is 16.0. The van der Waals surface area contributed by atoms with Crippen molar-refractivity contribution in [3.05, 3.63) is 24.0 Å². The number of aromatic amines is 1. The van der Waals surface area contributed by atoms with Gasteiger partial charge in [-0.3, -0.25) is 0 Å². The highest BCUT2D eigenvalue weighted by Gasteiger charge is 2.57. The Labute approximate surface area is 164 Å². The summed E-state index contributed by atoms with van der Waals surface area (Å²) in [6.07, 6.45) is 10.4. The van der Waals surface area contributed by atoms with Gasteiger partial charge in [-0.2, -0.15) is 5.10 Å². The maximum absolute atomic E-state index is 11.1. The molecule has 5 fully saturated rings. The smallest absolute Gasteiger partial charge is 0.412 e. The van der Waals surface area contributed by atoms with Crippen LogP contribution in [0.5, 0.6) is 0 Å². The molecule has 2 aromatic rings. The van der Waals surface area contributed by atoms with Crippen LogP contribution in [0.15, 0.2) is 23.6 Å². The third kappa shape index (κ3) is 2.06. The van der Waals surface area contributed by atoms with Crippen LogP contribution < -0.4 is 5.46 Å². The van der Waals surface area contributed by atoms with Crippen LogP contribution in [0, 0.1) is 23.7 Å². The van der Waals surface area contributed by atoms with Gasteiger partial charge in [-0.1, -0.05) is 0 Å². The Balaban J connectivity index is 1.41. The van der Waals surface area contributed by atoms with Crippen LogP contribution >= 0.6 is 0 Å². The van der Waals surface area contributed by atoms with Gasteiger partial charge >= 0.3 is 7.05 Å². The van der Waals surface area contributed by atoms with Gasteiger partial charge in [-0.05, 0) is 62.3 Å². The first kappa shape index (κ1) is 16.0. The van der Waals surface area contributed by atoms with Crippen molar-refractivity contribution in [3.8, 4) is 0 Å². The molecule has 4 bridgehead atoms. The van der Waals surface area contributed by atoms with Gasteiger partial charge in [0.15, 0.2) is 0 Å². The highest BCUT2D eigenvalue weighted by atomic mass is 16.4. The minimum Gasteiger partial charge on any atom is -0.412 e. The Morgan fingerprint density at radius 2 is 2.11 bits per heavy atom. The lowest BCUT2D eigenvalue weighted by atomic mass is 9.48. The number of aliphatic hydroxyl groups is 1. The lowest BCUT2D eigenvalue weighted by molar-refractivity contribution is -0.138. The predicted octanol–water partition coefficient (Wildman–Crippen LogP) is 1.89. The van der Waals surface area contributed by atoms with E-state index in [0.717, 1.165) is 49.9 Å². The average molecular weight is 376 g/mol. The molecular weight excluding hydrogens is 351 g/mol. The molecule has 6 nitrogen and oxygen atoms in total.